The second-order valence-electron chi connectivity index (χ2n) is 6.93. The summed E-state index contributed by atoms with van der Waals surface area (Å²) in [5, 5.41) is 6.91. The zero-order valence-corrected chi connectivity index (χ0v) is 20.8. The Morgan fingerprint density at radius 2 is 1.93 bits per heavy atom. The van der Waals surface area contributed by atoms with E-state index >= 15 is 0 Å². The van der Waals surface area contributed by atoms with Crippen molar-refractivity contribution in [1.82, 2.24) is 15.5 Å². The van der Waals surface area contributed by atoms with Crippen LogP contribution in [0.15, 0.2) is 29.3 Å². The number of aryl methyl sites for hydroxylation is 1. The lowest BCUT2D eigenvalue weighted by atomic mass is 10.1. The summed E-state index contributed by atoms with van der Waals surface area (Å²) in [6, 6.07) is 8.70. The molecule has 0 saturated heterocycles. The lowest BCUT2D eigenvalue weighted by Crippen LogP contribution is -2.42. The van der Waals surface area contributed by atoms with E-state index in [1.807, 2.05) is 12.1 Å². The van der Waals surface area contributed by atoms with Crippen molar-refractivity contribution >= 4 is 29.9 Å². The Morgan fingerprint density at radius 3 is 2.57 bits per heavy atom. The SMILES string of the molecule is CCNC(=NCCCc1cccc(OC)c1)NC(C)CCCN(CC)CC.I. The molecule has 0 fully saturated rings. The van der Waals surface area contributed by atoms with Crippen molar-refractivity contribution in [2.45, 2.75) is 59.4 Å². The fraction of sp³-hybridized carbons (Fsp3) is 0.682. The molecule has 162 valence electrons. The lowest BCUT2D eigenvalue weighted by molar-refractivity contribution is 0.292. The molecule has 0 saturated carbocycles. The molecule has 0 aliphatic heterocycles. The van der Waals surface area contributed by atoms with Gasteiger partial charge in [-0.15, -0.1) is 24.0 Å². The van der Waals surface area contributed by atoms with Crippen molar-refractivity contribution in [3.05, 3.63) is 29.8 Å². The second kappa shape index (κ2) is 16.9. The third kappa shape index (κ3) is 11.7. The molecule has 0 aliphatic rings. The van der Waals surface area contributed by atoms with Crippen molar-refractivity contribution < 1.29 is 4.74 Å². The largest absolute Gasteiger partial charge is 0.497 e. The van der Waals surface area contributed by atoms with Gasteiger partial charge in [0.15, 0.2) is 5.96 Å². The summed E-state index contributed by atoms with van der Waals surface area (Å²) in [5.74, 6) is 1.85. The highest BCUT2D eigenvalue weighted by Crippen LogP contribution is 2.13. The second-order valence-corrected chi connectivity index (χ2v) is 6.93. The Hall–Kier alpha value is -1.02. The number of aliphatic imine (C=N–C) groups is 1. The molecule has 0 radical (unpaired) electrons. The Labute approximate surface area is 189 Å². The molecule has 0 aliphatic carbocycles. The van der Waals surface area contributed by atoms with Crippen LogP contribution in [0.4, 0.5) is 0 Å². The highest BCUT2D eigenvalue weighted by molar-refractivity contribution is 14.0. The standard InChI is InChI=1S/C22H40N4O.HI/c1-6-23-22(25-19(4)12-11-17-26(7-2)8-3)24-16-10-14-20-13-9-15-21(18-20)27-5;/h9,13,15,18-19H,6-8,10-12,14,16-17H2,1-5H3,(H2,23,24,25);1H. The van der Waals surface area contributed by atoms with Crippen LogP contribution in [0.25, 0.3) is 0 Å². The van der Waals surface area contributed by atoms with Crippen molar-refractivity contribution in [1.29, 1.82) is 0 Å². The highest BCUT2D eigenvalue weighted by atomic mass is 127. The van der Waals surface area contributed by atoms with Crippen LogP contribution in [0.5, 0.6) is 5.75 Å². The van der Waals surface area contributed by atoms with Crippen molar-refractivity contribution in [2.75, 3.05) is 39.8 Å². The number of hydrogen-bond donors (Lipinski definition) is 2. The predicted molar refractivity (Wildman–Crippen MR) is 132 cm³/mol. The van der Waals surface area contributed by atoms with Crippen LogP contribution in [0, 0.1) is 0 Å². The number of ether oxygens (including phenoxy) is 1. The van der Waals surface area contributed by atoms with Crippen molar-refractivity contribution in [2.24, 2.45) is 4.99 Å². The van der Waals surface area contributed by atoms with Crippen LogP contribution in [0.3, 0.4) is 0 Å². The number of halogens is 1. The van der Waals surface area contributed by atoms with Crippen molar-refractivity contribution in [3.8, 4) is 5.75 Å². The van der Waals surface area contributed by atoms with E-state index in [1.54, 1.807) is 7.11 Å². The first kappa shape index (κ1) is 27.0. The van der Waals surface area contributed by atoms with Gasteiger partial charge >= 0.3 is 0 Å². The zero-order valence-electron chi connectivity index (χ0n) is 18.5. The highest BCUT2D eigenvalue weighted by Gasteiger charge is 2.06. The first-order valence-corrected chi connectivity index (χ1v) is 10.5. The van der Waals surface area contributed by atoms with E-state index in [0.29, 0.717) is 6.04 Å². The molecule has 0 heterocycles. The molecule has 1 atom stereocenters. The van der Waals surface area contributed by atoms with Gasteiger partial charge in [0.2, 0.25) is 0 Å². The molecule has 1 unspecified atom stereocenters. The number of nitrogens with one attached hydrogen (secondary N) is 2. The summed E-state index contributed by atoms with van der Waals surface area (Å²) in [4.78, 5) is 7.22. The molecular weight excluding hydrogens is 463 g/mol. The number of benzene rings is 1. The van der Waals surface area contributed by atoms with Gasteiger partial charge in [0.25, 0.3) is 0 Å². The molecule has 1 aromatic rings. The molecule has 1 rings (SSSR count). The van der Waals surface area contributed by atoms with E-state index in [-0.39, 0.29) is 24.0 Å². The average molecular weight is 505 g/mol. The number of guanidine groups is 1. The fourth-order valence-corrected chi connectivity index (χ4v) is 3.09. The minimum atomic E-state index is 0. The average Bonchev–Trinajstić information content (AvgIpc) is 2.69. The van der Waals surface area contributed by atoms with Crippen LogP contribution in [-0.4, -0.2) is 56.7 Å². The molecule has 5 nitrogen and oxygen atoms in total. The maximum absolute atomic E-state index is 5.29. The normalized spacial score (nSPS) is 12.4. The molecule has 0 bridgehead atoms. The number of rotatable bonds is 13. The van der Waals surface area contributed by atoms with Gasteiger partial charge in [-0.1, -0.05) is 26.0 Å². The van der Waals surface area contributed by atoms with E-state index in [0.717, 1.165) is 57.2 Å². The summed E-state index contributed by atoms with van der Waals surface area (Å²) in [6.45, 7) is 14.0. The van der Waals surface area contributed by atoms with Crippen LogP contribution in [-0.2, 0) is 6.42 Å². The first-order valence-electron chi connectivity index (χ1n) is 10.5. The van der Waals surface area contributed by atoms with E-state index in [4.69, 9.17) is 9.73 Å². The molecule has 0 aromatic heterocycles. The van der Waals surface area contributed by atoms with Gasteiger partial charge in [0.05, 0.1) is 7.11 Å². The molecule has 28 heavy (non-hydrogen) atoms. The number of hydrogen-bond acceptors (Lipinski definition) is 3. The monoisotopic (exact) mass is 504 g/mol. The van der Waals surface area contributed by atoms with Gasteiger partial charge < -0.3 is 20.3 Å². The minimum absolute atomic E-state index is 0. The van der Waals surface area contributed by atoms with Gasteiger partial charge in [0, 0.05) is 19.1 Å². The summed E-state index contributed by atoms with van der Waals surface area (Å²) in [6.07, 6.45) is 4.41. The topological polar surface area (TPSA) is 48.9 Å². The van der Waals surface area contributed by atoms with Crippen LogP contribution in [0.2, 0.25) is 0 Å². The Morgan fingerprint density at radius 1 is 1.18 bits per heavy atom. The first-order chi connectivity index (χ1) is 13.1. The summed E-state index contributed by atoms with van der Waals surface area (Å²) >= 11 is 0. The fourth-order valence-electron chi connectivity index (χ4n) is 3.09. The number of nitrogens with zero attached hydrogens (tertiary/aromatic N) is 2. The minimum Gasteiger partial charge on any atom is -0.497 e. The lowest BCUT2D eigenvalue weighted by Gasteiger charge is -2.21. The van der Waals surface area contributed by atoms with Gasteiger partial charge in [0.1, 0.15) is 5.75 Å². The van der Waals surface area contributed by atoms with Crippen LogP contribution < -0.4 is 15.4 Å². The maximum Gasteiger partial charge on any atom is 0.191 e. The van der Waals surface area contributed by atoms with E-state index < -0.39 is 0 Å². The summed E-state index contributed by atoms with van der Waals surface area (Å²) in [5.41, 5.74) is 1.30. The molecule has 1 aromatic carbocycles. The summed E-state index contributed by atoms with van der Waals surface area (Å²) in [7, 11) is 1.71. The number of methoxy groups -OCH3 is 1. The van der Waals surface area contributed by atoms with Gasteiger partial charge in [-0.2, -0.15) is 0 Å². The van der Waals surface area contributed by atoms with Gasteiger partial charge in [-0.3, -0.25) is 4.99 Å². The van der Waals surface area contributed by atoms with Crippen molar-refractivity contribution in [3.63, 3.8) is 0 Å². The third-order valence-electron chi connectivity index (χ3n) is 4.76. The predicted octanol–water partition coefficient (Wildman–Crippen LogP) is 4.31. The maximum atomic E-state index is 5.29. The molecule has 6 heteroatoms. The quantitative estimate of drug-likeness (QED) is 0.182. The molecule has 0 amide bonds. The van der Waals surface area contributed by atoms with Gasteiger partial charge in [-0.05, 0) is 76.9 Å². The molecular formula is C22H41IN4O. The third-order valence-corrected chi connectivity index (χ3v) is 4.76. The summed E-state index contributed by atoms with van der Waals surface area (Å²) < 4.78 is 5.29. The Balaban J connectivity index is 0.00000729. The van der Waals surface area contributed by atoms with E-state index in [1.165, 1.54) is 18.5 Å². The van der Waals surface area contributed by atoms with Crippen LogP contribution >= 0.6 is 24.0 Å². The van der Waals surface area contributed by atoms with E-state index in [9.17, 15) is 0 Å². The van der Waals surface area contributed by atoms with Crippen LogP contribution in [0.1, 0.15) is 52.5 Å². The Kier molecular flexibility index (Phi) is 16.3. The zero-order chi connectivity index (χ0) is 19.9. The molecule has 0 spiro atoms. The van der Waals surface area contributed by atoms with E-state index in [2.05, 4.69) is 55.4 Å². The van der Waals surface area contributed by atoms with Gasteiger partial charge in [-0.25, -0.2) is 0 Å². The molecule has 2 N–H and O–H groups in total. The smallest absolute Gasteiger partial charge is 0.191 e. The Bertz CT molecular complexity index is 535.